The fourth-order valence-corrected chi connectivity index (χ4v) is 4.78. The Morgan fingerprint density at radius 2 is 2.07 bits per heavy atom. The largest absolute Gasteiger partial charge is 0.485 e. The Morgan fingerprint density at radius 3 is 2.86 bits per heavy atom. The molecule has 0 N–H and O–H groups in total. The molecule has 1 unspecified atom stereocenters. The molecule has 2 heterocycles. The molecule has 0 fully saturated rings. The van der Waals surface area contributed by atoms with E-state index in [1.807, 2.05) is 18.2 Å². The molecule has 4 rings (SSSR count). The van der Waals surface area contributed by atoms with Gasteiger partial charge in [0.05, 0.1) is 10.2 Å². The van der Waals surface area contributed by atoms with Crippen LogP contribution in [-0.2, 0) is 11.3 Å². The Morgan fingerprint density at radius 1 is 1.29 bits per heavy atom. The van der Waals surface area contributed by atoms with Crippen molar-refractivity contribution < 1.29 is 14.3 Å². The van der Waals surface area contributed by atoms with Gasteiger partial charge in [-0.1, -0.05) is 29.5 Å². The maximum absolute atomic E-state index is 12.8. The van der Waals surface area contributed by atoms with Crippen LogP contribution in [0.25, 0.3) is 10.2 Å². The second kappa shape index (κ2) is 8.01. The summed E-state index contributed by atoms with van der Waals surface area (Å²) in [5.74, 6) is 1.89. The Hall–Kier alpha value is -2.25. The summed E-state index contributed by atoms with van der Waals surface area (Å²) in [5, 5.41) is 0. The molecule has 1 atom stereocenters. The molecule has 0 bridgehead atoms. The lowest BCUT2D eigenvalue weighted by Gasteiger charge is -2.23. The summed E-state index contributed by atoms with van der Waals surface area (Å²) in [7, 11) is 0. The first-order valence-corrected chi connectivity index (χ1v) is 11.3. The second-order valence-electron chi connectivity index (χ2n) is 6.77. The van der Waals surface area contributed by atoms with Gasteiger partial charge >= 0.3 is 0 Å². The number of fused-ring (bicyclic) bond motifs is 2. The number of rotatable bonds is 4. The third-order valence-electron chi connectivity index (χ3n) is 4.62. The monoisotopic (exact) mass is 414 g/mol. The number of aromatic nitrogens is 1. The number of carbonyl (C=O) groups excluding carboxylic acids is 1. The highest BCUT2D eigenvalue weighted by Crippen LogP contribution is 2.31. The lowest BCUT2D eigenvalue weighted by molar-refractivity contribution is -0.127. The van der Waals surface area contributed by atoms with Crippen LogP contribution in [0.15, 0.2) is 41.4 Å². The van der Waals surface area contributed by atoms with Gasteiger partial charge in [-0.2, -0.15) is 16.8 Å². The Balaban J connectivity index is 1.72. The number of nitrogens with zero attached hydrogens (tertiary/aromatic N) is 2. The number of carbonyl (C=O) groups is 1. The van der Waals surface area contributed by atoms with Crippen LogP contribution in [0, 0.1) is 13.8 Å². The minimum Gasteiger partial charge on any atom is -0.485 e. The summed E-state index contributed by atoms with van der Waals surface area (Å²) < 4.78 is 14.8. The lowest BCUT2D eigenvalue weighted by atomic mass is 10.1. The van der Waals surface area contributed by atoms with Gasteiger partial charge in [-0.25, -0.2) is 0 Å². The fourth-order valence-electron chi connectivity index (χ4n) is 3.30. The van der Waals surface area contributed by atoms with Crippen molar-refractivity contribution in [1.29, 1.82) is 0 Å². The number of thiazole rings is 1. The van der Waals surface area contributed by atoms with Crippen molar-refractivity contribution in [2.45, 2.75) is 26.5 Å². The van der Waals surface area contributed by atoms with E-state index in [4.69, 9.17) is 9.47 Å². The predicted molar refractivity (Wildman–Crippen MR) is 115 cm³/mol. The number of hydrogen-bond donors (Lipinski definition) is 0. The topological polar surface area (TPSA) is 52.8 Å². The Kier molecular flexibility index (Phi) is 5.46. The molecule has 1 aliphatic heterocycles. The van der Waals surface area contributed by atoms with Crippen molar-refractivity contribution in [1.82, 2.24) is 4.57 Å². The molecular formula is C21H22N2O3S2. The van der Waals surface area contributed by atoms with Crippen LogP contribution >= 0.6 is 23.1 Å². The van der Waals surface area contributed by atoms with E-state index in [-0.39, 0.29) is 12.5 Å². The highest BCUT2D eigenvalue weighted by atomic mass is 32.2. The Labute approximate surface area is 172 Å². The lowest BCUT2D eigenvalue weighted by Crippen LogP contribution is -2.36. The summed E-state index contributed by atoms with van der Waals surface area (Å²) in [6, 6.07) is 11.7. The van der Waals surface area contributed by atoms with Gasteiger partial charge in [0, 0.05) is 12.3 Å². The molecule has 3 aromatic rings. The molecule has 0 radical (unpaired) electrons. The van der Waals surface area contributed by atoms with E-state index < -0.39 is 6.10 Å². The van der Waals surface area contributed by atoms with Gasteiger partial charge in [-0.15, -0.1) is 0 Å². The van der Waals surface area contributed by atoms with Crippen molar-refractivity contribution in [3.05, 3.63) is 52.3 Å². The zero-order valence-corrected chi connectivity index (χ0v) is 17.7. The molecule has 28 heavy (non-hydrogen) atoms. The molecule has 7 heteroatoms. The van der Waals surface area contributed by atoms with Crippen molar-refractivity contribution in [2.24, 2.45) is 4.99 Å². The molecule has 0 aliphatic carbocycles. The maximum Gasteiger partial charge on any atom is 0.292 e. The van der Waals surface area contributed by atoms with Crippen LogP contribution in [0.1, 0.15) is 11.1 Å². The molecule has 146 valence electrons. The van der Waals surface area contributed by atoms with Crippen LogP contribution in [0.5, 0.6) is 11.5 Å². The van der Waals surface area contributed by atoms with Crippen molar-refractivity contribution >= 4 is 39.2 Å². The molecule has 2 aromatic carbocycles. The first-order chi connectivity index (χ1) is 13.6. The quantitative estimate of drug-likeness (QED) is 0.649. The van der Waals surface area contributed by atoms with E-state index in [0.29, 0.717) is 16.3 Å². The van der Waals surface area contributed by atoms with Gasteiger partial charge in [0.15, 0.2) is 16.3 Å². The molecule has 0 spiro atoms. The highest BCUT2D eigenvalue weighted by Gasteiger charge is 2.27. The first-order valence-electron chi connectivity index (χ1n) is 9.13. The summed E-state index contributed by atoms with van der Waals surface area (Å²) in [6.07, 6.45) is 1.36. The summed E-state index contributed by atoms with van der Waals surface area (Å²) in [5.41, 5.74) is 3.55. The fraction of sp³-hybridized carbons (Fsp3) is 0.333. The van der Waals surface area contributed by atoms with Crippen LogP contribution in [0.4, 0.5) is 0 Å². The number of hydrogen-bond acceptors (Lipinski definition) is 5. The SMILES string of the molecule is CSCCn1c(=NC(=O)C2COc3ccccc3O2)sc2c(C)cc(C)cc21. The van der Waals surface area contributed by atoms with Crippen LogP contribution in [0.3, 0.4) is 0 Å². The van der Waals surface area contributed by atoms with Crippen LogP contribution < -0.4 is 14.3 Å². The van der Waals surface area contributed by atoms with E-state index in [1.54, 1.807) is 29.2 Å². The summed E-state index contributed by atoms with van der Waals surface area (Å²) in [6.45, 7) is 5.18. The van der Waals surface area contributed by atoms with Crippen LogP contribution in [-0.4, -0.2) is 35.2 Å². The minimum absolute atomic E-state index is 0.174. The van der Waals surface area contributed by atoms with Gasteiger partial charge in [0.1, 0.15) is 6.61 Å². The number of benzene rings is 2. The molecular weight excluding hydrogens is 392 g/mol. The first kappa shape index (κ1) is 19.1. The number of para-hydroxylation sites is 2. The molecule has 0 saturated carbocycles. The van der Waals surface area contributed by atoms with Gasteiger partial charge < -0.3 is 14.0 Å². The number of aryl methyl sites for hydroxylation is 3. The predicted octanol–water partition coefficient (Wildman–Crippen LogP) is 3.95. The van der Waals surface area contributed by atoms with E-state index in [9.17, 15) is 4.79 Å². The number of thioether (sulfide) groups is 1. The minimum atomic E-state index is -0.725. The molecule has 0 saturated heterocycles. The number of amides is 1. The molecule has 1 aromatic heterocycles. The average Bonchev–Trinajstić information content (AvgIpc) is 3.03. The normalized spacial score (nSPS) is 16.5. The summed E-state index contributed by atoms with van der Waals surface area (Å²) in [4.78, 5) is 18.0. The maximum atomic E-state index is 12.8. The van der Waals surface area contributed by atoms with Gasteiger partial charge in [-0.3, -0.25) is 4.79 Å². The molecule has 1 amide bonds. The van der Waals surface area contributed by atoms with E-state index in [0.717, 1.165) is 17.8 Å². The van der Waals surface area contributed by atoms with Crippen molar-refractivity contribution in [3.63, 3.8) is 0 Å². The molecule has 1 aliphatic rings. The summed E-state index contributed by atoms with van der Waals surface area (Å²) >= 11 is 3.33. The third-order valence-corrected chi connectivity index (χ3v) is 6.44. The number of ether oxygens (including phenoxy) is 2. The Bertz CT molecular complexity index is 1100. The third kappa shape index (κ3) is 3.69. The van der Waals surface area contributed by atoms with Gasteiger partial charge in [-0.05, 0) is 49.4 Å². The van der Waals surface area contributed by atoms with Crippen molar-refractivity contribution in [3.8, 4) is 11.5 Å². The average molecular weight is 415 g/mol. The van der Waals surface area contributed by atoms with E-state index >= 15 is 0 Å². The van der Waals surface area contributed by atoms with Crippen molar-refractivity contribution in [2.75, 3.05) is 18.6 Å². The zero-order valence-electron chi connectivity index (χ0n) is 16.1. The molecule has 5 nitrogen and oxygen atoms in total. The zero-order chi connectivity index (χ0) is 19.7. The van der Waals surface area contributed by atoms with Gasteiger partial charge in [0.25, 0.3) is 5.91 Å². The smallest absolute Gasteiger partial charge is 0.292 e. The second-order valence-corrected chi connectivity index (χ2v) is 8.74. The van der Waals surface area contributed by atoms with E-state index in [2.05, 4.69) is 41.8 Å². The standard InChI is InChI=1S/C21H22N2O3S2/c1-13-10-14(2)19-15(11-13)23(8-9-27-3)21(28-19)22-20(24)18-12-25-16-6-4-5-7-17(16)26-18/h4-7,10-11,18H,8-9,12H2,1-3H3. The van der Waals surface area contributed by atoms with E-state index in [1.165, 1.54) is 15.8 Å². The van der Waals surface area contributed by atoms with Crippen LogP contribution in [0.2, 0.25) is 0 Å². The van der Waals surface area contributed by atoms with Gasteiger partial charge in [0.2, 0.25) is 6.10 Å². The highest BCUT2D eigenvalue weighted by molar-refractivity contribution is 7.98.